The summed E-state index contributed by atoms with van der Waals surface area (Å²) in [7, 11) is 0. The van der Waals surface area contributed by atoms with Gasteiger partial charge >= 0.3 is 5.97 Å². The fourth-order valence-corrected chi connectivity index (χ4v) is 4.95. The van der Waals surface area contributed by atoms with E-state index in [1.807, 2.05) is 24.3 Å². The number of nitrogens with one attached hydrogen (secondary N) is 1. The van der Waals surface area contributed by atoms with Crippen LogP contribution < -0.4 is 10.1 Å². The van der Waals surface area contributed by atoms with Crippen LogP contribution in [0.5, 0.6) is 5.75 Å². The van der Waals surface area contributed by atoms with Gasteiger partial charge in [-0.25, -0.2) is 4.79 Å². The Morgan fingerprint density at radius 1 is 1.38 bits per heavy atom. The second-order valence-electron chi connectivity index (χ2n) is 7.29. The van der Waals surface area contributed by atoms with Crippen molar-refractivity contribution in [1.82, 2.24) is 0 Å². The van der Waals surface area contributed by atoms with Gasteiger partial charge in [-0.2, -0.15) is 5.26 Å². The van der Waals surface area contributed by atoms with Crippen molar-refractivity contribution in [3.63, 3.8) is 0 Å². The Morgan fingerprint density at radius 3 is 3.03 bits per heavy atom. The minimum atomic E-state index is -0.588. The molecule has 1 aromatic heterocycles. The summed E-state index contributed by atoms with van der Waals surface area (Å²) in [5.41, 5.74) is 2.74. The number of ether oxygens (including phenoxy) is 2. The number of nitriles is 1. The van der Waals surface area contributed by atoms with Crippen LogP contribution in [0.15, 0.2) is 29.8 Å². The maximum atomic E-state index is 12.3. The minimum Gasteiger partial charge on any atom is -0.488 e. The molecule has 29 heavy (non-hydrogen) atoms. The molecule has 0 saturated heterocycles. The van der Waals surface area contributed by atoms with E-state index < -0.39 is 18.5 Å². The first-order chi connectivity index (χ1) is 14.0. The lowest BCUT2D eigenvalue weighted by molar-refractivity contribution is -0.143. The smallest absolute Gasteiger partial charge is 0.338 e. The van der Waals surface area contributed by atoms with Gasteiger partial charge in [0.05, 0.1) is 11.1 Å². The molecule has 0 bridgehead atoms. The molecule has 1 N–H and O–H groups in total. The summed E-state index contributed by atoms with van der Waals surface area (Å²) in [6.45, 7) is 1.88. The molecule has 0 fully saturated rings. The van der Waals surface area contributed by atoms with Gasteiger partial charge in [0.1, 0.15) is 23.4 Å². The topological polar surface area (TPSA) is 88.4 Å². The summed E-state index contributed by atoms with van der Waals surface area (Å²) in [4.78, 5) is 25.7. The molecular weight excluding hydrogens is 388 g/mol. The van der Waals surface area contributed by atoms with E-state index in [0.717, 1.165) is 35.3 Å². The summed E-state index contributed by atoms with van der Waals surface area (Å²) in [5.74, 6) is 0.240. The molecule has 0 unspecified atom stereocenters. The normalized spacial score (nSPS) is 17.1. The third kappa shape index (κ3) is 4.03. The zero-order valence-corrected chi connectivity index (χ0v) is 16.8. The fourth-order valence-electron chi connectivity index (χ4n) is 3.58. The first-order valence-corrected chi connectivity index (χ1v) is 10.3. The van der Waals surface area contributed by atoms with Crippen LogP contribution in [-0.2, 0) is 27.2 Å². The van der Waals surface area contributed by atoms with Crippen LogP contribution in [0.3, 0.4) is 0 Å². The number of amides is 1. The molecule has 2 heterocycles. The van der Waals surface area contributed by atoms with Crippen LogP contribution in [0.2, 0.25) is 0 Å². The average Bonchev–Trinajstić information content (AvgIpc) is 3.07. The number of nitrogens with zero attached hydrogens (tertiary/aromatic N) is 1. The maximum Gasteiger partial charge on any atom is 0.338 e. The Labute approximate surface area is 172 Å². The zero-order valence-electron chi connectivity index (χ0n) is 16.0. The average molecular weight is 408 g/mol. The first kappa shape index (κ1) is 19.2. The lowest BCUT2D eigenvalue weighted by Crippen LogP contribution is -2.23. The van der Waals surface area contributed by atoms with Gasteiger partial charge in [0.15, 0.2) is 6.61 Å². The van der Waals surface area contributed by atoms with Crippen LogP contribution in [0.25, 0.3) is 6.08 Å². The van der Waals surface area contributed by atoms with Gasteiger partial charge in [0.2, 0.25) is 0 Å². The quantitative estimate of drug-likeness (QED) is 0.780. The van der Waals surface area contributed by atoms with Gasteiger partial charge < -0.3 is 14.8 Å². The first-order valence-electron chi connectivity index (χ1n) is 9.49. The summed E-state index contributed by atoms with van der Waals surface area (Å²) < 4.78 is 10.7. The lowest BCUT2D eigenvalue weighted by Gasteiger charge is -2.17. The Bertz CT molecular complexity index is 1050. The number of para-hydroxylation sites is 1. The number of hydrogen-bond donors (Lipinski definition) is 1. The van der Waals surface area contributed by atoms with Crippen molar-refractivity contribution >= 4 is 34.3 Å². The highest BCUT2D eigenvalue weighted by Crippen LogP contribution is 2.39. The molecule has 2 aliphatic rings. The summed E-state index contributed by atoms with van der Waals surface area (Å²) in [5, 5.41) is 12.8. The van der Waals surface area contributed by atoms with Crippen LogP contribution in [0.1, 0.15) is 34.9 Å². The van der Waals surface area contributed by atoms with E-state index in [1.165, 1.54) is 11.3 Å². The fraction of sp³-hybridized carbons (Fsp3) is 0.318. The van der Waals surface area contributed by atoms with Crippen molar-refractivity contribution in [1.29, 1.82) is 5.26 Å². The predicted molar refractivity (Wildman–Crippen MR) is 110 cm³/mol. The highest BCUT2D eigenvalue weighted by molar-refractivity contribution is 7.16. The molecule has 7 heteroatoms. The molecule has 1 atom stereocenters. The Balaban J connectivity index is 1.38. The van der Waals surface area contributed by atoms with Gasteiger partial charge in [-0.15, -0.1) is 11.3 Å². The number of carbonyl (C=O) groups excluding carboxylic acids is 2. The van der Waals surface area contributed by atoms with Crippen LogP contribution in [0, 0.1) is 17.2 Å². The third-order valence-electron chi connectivity index (χ3n) is 5.10. The number of anilines is 1. The minimum absolute atomic E-state index is 0.103. The van der Waals surface area contributed by atoms with E-state index >= 15 is 0 Å². The molecule has 4 rings (SSSR count). The van der Waals surface area contributed by atoms with E-state index in [2.05, 4.69) is 18.3 Å². The number of thiophene rings is 1. The van der Waals surface area contributed by atoms with Gasteiger partial charge in [0, 0.05) is 10.4 Å². The number of esters is 1. The van der Waals surface area contributed by atoms with Gasteiger partial charge in [-0.1, -0.05) is 25.1 Å². The largest absolute Gasteiger partial charge is 0.488 e. The molecule has 1 amide bonds. The number of rotatable bonds is 4. The van der Waals surface area contributed by atoms with Crippen molar-refractivity contribution in [2.75, 3.05) is 18.5 Å². The van der Waals surface area contributed by atoms with E-state index in [-0.39, 0.29) is 6.61 Å². The molecule has 1 aliphatic carbocycles. The highest BCUT2D eigenvalue weighted by atomic mass is 32.1. The van der Waals surface area contributed by atoms with Crippen molar-refractivity contribution < 1.29 is 19.1 Å². The second kappa shape index (κ2) is 8.10. The van der Waals surface area contributed by atoms with E-state index in [9.17, 15) is 14.9 Å². The molecule has 0 saturated carbocycles. The Morgan fingerprint density at radius 2 is 2.21 bits per heavy atom. The highest BCUT2D eigenvalue weighted by Gasteiger charge is 2.25. The van der Waals surface area contributed by atoms with Gasteiger partial charge in [0.25, 0.3) is 5.91 Å². The van der Waals surface area contributed by atoms with Crippen LogP contribution in [-0.4, -0.2) is 25.1 Å². The SMILES string of the molecule is C[C@@H]1CCc2c(sc(NC(=O)COC(=O)C3=Cc4ccccc4OC3)c2C#N)C1. The summed E-state index contributed by atoms with van der Waals surface area (Å²) in [6.07, 6.45) is 4.54. The molecule has 2 aromatic rings. The van der Waals surface area contributed by atoms with E-state index in [4.69, 9.17) is 9.47 Å². The maximum absolute atomic E-state index is 12.3. The Hall–Kier alpha value is -3.11. The summed E-state index contributed by atoms with van der Waals surface area (Å²) >= 11 is 1.45. The molecule has 0 radical (unpaired) electrons. The number of benzene rings is 1. The molecule has 6 nitrogen and oxygen atoms in total. The van der Waals surface area contributed by atoms with Crippen LogP contribution in [0.4, 0.5) is 5.00 Å². The zero-order chi connectivity index (χ0) is 20.4. The molecule has 148 valence electrons. The lowest BCUT2D eigenvalue weighted by atomic mass is 9.89. The van der Waals surface area contributed by atoms with Crippen LogP contribution >= 0.6 is 11.3 Å². The monoisotopic (exact) mass is 408 g/mol. The summed E-state index contributed by atoms with van der Waals surface area (Å²) in [6, 6.07) is 9.60. The van der Waals surface area contributed by atoms with Crippen molar-refractivity contribution in [2.45, 2.75) is 26.2 Å². The Kier molecular flexibility index (Phi) is 5.36. The second-order valence-corrected chi connectivity index (χ2v) is 8.39. The van der Waals surface area contributed by atoms with Crippen molar-refractivity contribution in [3.8, 4) is 11.8 Å². The van der Waals surface area contributed by atoms with Crippen molar-refractivity contribution in [2.24, 2.45) is 5.92 Å². The van der Waals surface area contributed by atoms with E-state index in [0.29, 0.717) is 27.8 Å². The number of hydrogen-bond acceptors (Lipinski definition) is 6. The molecule has 1 aromatic carbocycles. The molecular formula is C22H20N2O4S. The molecule has 1 aliphatic heterocycles. The van der Waals surface area contributed by atoms with Gasteiger partial charge in [-0.05, 0) is 42.9 Å². The molecule has 0 spiro atoms. The van der Waals surface area contributed by atoms with Crippen molar-refractivity contribution in [3.05, 3.63) is 51.4 Å². The number of fused-ring (bicyclic) bond motifs is 2. The standard InChI is InChI=1S/C22H20N2O4S/c1-13-6-7-16-17(10-23)21(29-19(16)8-13)24-20(25)12-28-22(26)15-9-14-4-2-3-5-18(14)27-11-15/h2-5,9,13H,6-8,11-12H2,1H3,(H,24,25)/t13-/m1/s1. The van der Waals surface area contributed by atoms with E-state index in [1.54, 1.807) is 6.08 Å². The third-order valence-corrected chi connectivity index (χ3v) is 6.27. The van der Waals surface area contributed by atoms with Gasteiger partial charge in [-0.3, -0.25) is 4.79 Å². The number of carbonyl (C=O) groups is 2. The predicted octanol–water partition coefficient (Wildman–Crippen LogP) is 3.70.